The molecule has 6 rings (SSSR count). The smallest absolute Gasteiger partial charge is 0.407 e. The van der Waals surface area contributed by atoms with Crippen molar-refractivity contribution < 1.29 is 28.5 Å². The van der Waals surface area contributed by atoms with Crippen LogP contribution >= 0.6 is 22.6 Å². The van der Waals surface area contributed by atoms with Gasteiger partial charge in [-0.05, 0) is 103 Å². The molecular weight excluding hydrogens is 793 g/mol. The number of aromatic nitrogens is 1. The second-order valence-electron chi connectivity index (χ2n) is 14.5. The molecule has 1 atom stereocenters. The average Bonchev–Trinajstić information content (AvgIpc) is 3.63. The lowest BCUT2D eigenvalue weighted by atomic mass is 9.98. The highest BCUT2D eigenvalue weighted by Gasteiger charge is 2.32. The third-order valence-electron chi connectivity index (χ3n) is 9.51. The van der Waals surface area contributed by atoms with Crippen molar-refractivity contribution in [3.63, 3.8) is 0 Å². The third kappa shape index (κ3) is 9.27. The summed E-state index contributed by atoms with van der Waals surface area (Å²) in [5, 5.41) is 4.09. The van der Waals surface area contributed by atoms with Crippen LogP contribution in [0.1, 0.15) is 62.8 Å². The van der Waals surface area contributed by atoms with E-state index < -0.39 is 18.4 Å². The summed E-state index contributed by atoms with van der Waals surface area (Å²) in [6.45, 7) is 11.2. The molecule has 2 amide bonds. The Kier molecular flexibility index (Phi) is 12.7. The summed E-state index contributed by atoms with van der Waals surface area (Å²) in [6.07, 6.45) is 1.00. The minimum Gasteiger partial charge on any atom is -0.488 e. The molecule has 1 N–H and O–H groups in total. The van der Waals surface area contributed by atoms with Crippen molar-refractivity contribution in [1.29, 1.82) is 0 Å². The van der Waals surface area contributed by atoms with Gasteiger partial charge >= 0.3 is 6.09 Å². The quantitative estimate of drug-likeness (QED) is 0.0838. The Bertz CT molecular complexity index is 2020. The topological polar surface area (TPSA) is 91.3 Å². The van der Waals surface area contributed by atoms with E-state index in [0.29, 0.717) is 13.2 Å². The first kappa shape index (κ1) is 39.3. The van der Waals surface area contributed by atoms with Crippen LogP contribution in [0.5, 0.6) is 5.75 Å². The number of fused-ring (bicyclic) bond motifs is 4. The van der Waals surface area contributed by atoms with Crippen molar-refractivity contribution in [3.05, 3.63) is 123 Å². The summed E-state index contributed by atoms with van der Waals surface area (Å²) in [4.78, 5) is 30.4. The van der Waals surface area contributed by atoms with Gasteiger partial charge in [0, 0.05) is 54.3 Å². The molecule has 0 radical (unpaired) electrons. The molecule has 1 aliphatic rings. The number of amides is 2. The van der Waals surface area contributed by atoms with Crippen LogP contribution in [0.2, 0.25) is 0 Å². The minimum atomic E-state index is -0.952. The van der Waals surface area contributed by atoms with E-state index in [0.717, 1.165) is 53.6 Å². The van der Waals surface area contributed by atoms with Crippen molar-refractivity contribution in [2.45, 2.75) is 71.4 Å². The van der Waals surface area contributed by atoms with Crippen molar-refractivity contribution in [2.75, 3.05) is 26.4 Å². The van der Waals surface area contributed by atoms with Crippen molar-refractivity contribution in [1.82, 2.24) is 14.8 Å². The van der Waals surface area contributed by atoms with Crippen LogP contribution in [0.25, 0.3) is 22.0 Å². The highest BCUT2D eigenvalue weighted by molar-refractivity contribution is 14.1. The number of ether oxygens (including phenoxy) is 4. The maximum absolute atomic E-state index is 14.9. The van der Waals surface area contributed by atoms with Gasteiger partial charge in [0.15, 0.2) is 6.29 Å². The molecule has 4 aromatic carbocycles. The molecule has 10 heteroatoms. The fourth-order valence-electron chi connectivity index (χ4n) is 7.26. The van der Waals surface area contributed by atoms with Crippen LogP contribution in [0.3, 0.4) is 0 Å². The maximum atomic E-state index is 14.9. The molecule has 0 unspecified atom stereocenters. The number of nitrogens with zero attached hydrogens (tertiary/aromatic N) is 2. The normalized spacial score (nSPS) is 13.1. The van der Waals surface area contributed by atoms with E-state index in [4.69, 9.17) is 18.9 Å². The number of hydrogen-bond acceptors (Lipinski definition) is 6. The van der Waals surface area contributed by atoms with Crippen LogP contribution in [-0.2, 0) is 39.0 Å². The Hall–Kier alpha value is -4.39. The molecule has 0 spiro atoms. The summed E-state index contributed by atoms with van der Waals surface area (Å²) in [5.74, 6) is 0.335. The van der Waals surface area contributed by atoms with Crippen LogP contribution in [0, 0.1) is 3.57 Å². The molecule has 284 valence electrons. The Morgan fingerprint density at radius 1 is 0.870 bits per heavy atom. The number of aryl methyl sites for hydroxylation is 1. The molecule has 1 aliphatic carbocycles. The largest absolute Gasteiger partial charge is 0.488 e. The number of halogens is 1. The first-order valence-corrected chi connectivity index (χ1v) is 19.7. The Morgan fingerprint density at radius 3 is 2.11 bits per heavy atom. The van der Waals surface area contributed by atoms with Gasteiger partial charge in [0.25, 0.3) is 0 Å². The number of benzene rings is 4. The van der Waals surface area contributed by atoms with Gasteiger partial charge in [0.1, 0.15) is 24.0 Å². The van der Waals surface area contributed by atoms with E-state index in [1.54, 1.807) is 4.90 Å². The van der Waals surface area contributed by atoms with E-state index in [9.17, 15) is 9.59 Å². The summed E-state index contributed by atoms with van der Waals surface area (Å²) < 4.78 is 27.1. The summed E-state index contributed by atoms with van der Waals surface area (Å²) >= 11 is 2.34. The molecule has 0 saturated carbocycles. The number of nitrogens with one attached hydrogen (secondary N) is 1. The predicted molar refractivity (Wildman–Crippen MR) is 221 cm³/mol. The molecule has 5 aromatic rings. The Morgan fingerprint density at radius 2 is 1.50 bits per heavy atom. The SMILES string of the molecule is CCOC(CN(Cc1cccc2c(I)cn(C)c12)C(=O)[C@H](Cc1ccc(OC(C)(C)C)cc1)NC(=O)OCC1c2ccccc2-c2ccccc21)OCC. The highest BCUT2D eigenvalue weighted by Crippen LogP contribution is 2.44. The van der Waals surface area contributed by atoms with Gasteiger partial charge in [-0.3, -0.25) is 4.79 Å². The van der Waals surface area contributed by atoms with E-state index >= 15 is 0 Å². The van der Waals surface area contributed by atoms with Gasteiger partial charge in [0.05, 0.1) is 12.1 Å². The molecule has 1 aromatic heterocycles. The minimum absolute atomic E-state index is 0.115. The van der Waals surface area contributed by atoms with Crippen molar-refractivity contribution >= 4 is 45.5 Å². The maximum Gasteiger partial charge on any atom is 0.407 e. The monoisotopic (exact) mass is 843 g/mol. The lowest BCUT2D eigenvalue weighted by molar-refractivity contribution is -0.160. The Labute approximate surface area is 332 Å². The molecule has 0 fully saturated rings. The molecular formula is C44H50IN3O6. The van der Waals surface area contributed by atoms with Gasteiger partial charge < -0.3 is 33.7 Å². The summed E-state index contributed by atoms with van der Waals surface area (Å²) in [6, 6.07) is 29.3. The van der Waals surface area contributed by atoms with Crippen LogP contribution < -0.4 is 10.1 Å². The van der Waals surface area contributed by atoms with Crippen LogP contribution in [0.15, 0.2) is 97.2 Å². The number of carbonyl (C=O) groups excluding carboxylic acids is 2. The fraction of sp³-hybridized carbons (Fsp3) is 0.364. The van der Waals surface area contributed by atoms with E-state index in [-0.39, 0.29) is 43.5 Å². The van der Waals surface area contributed by atoms with E-state index in [1.807, 2.05) is 102 Å². The van der Waals surface area contributed by atoms with Gasteiger partial charge in [-0.1, -0.05) is 78.9 Å². The first-order valence-electron chi connectivity index (χ1n) is 18.6. The molecule has 0 bridgehead atoms. The number of alkyl carbamates (subject to hydrolysis) is 1. The number of rotatable bonds is 15. The van der Waals surface area contributed by atoms with Crippen molar-refractivity contribution in [3.8, 4) is 16.9 Å². The molecule has 1 heterocycles. The fourth-order valence-corrected chi connectivity index (χ4v) is 8.11. The highest BCUT2D eigenvalue weighted by atomic mass is 127. The summed E-state index contributed by atoms with van der Waals surface area (Å²) in [7, 11) is 2.01. The van der Waals surface area contributed by atoms with Gasteiger partial charge in [-0.2, -0.15) is 0 Å². The summed E-state index contributed by atoms with van der Waals surface area (Å²) in [5.41, 5.74) is 7.04. The van der Waals surface area contributed by atoms with Gasteiger partial charge in [-0.15, -0.1) is 0 Å². The first-order chi connectivity index (χ1) is 26.0. The van der Waals surface area contributed by atoms with Gasteiger partial charge in [0.2, 0.25) is 5.91 Å². The van der Waals surface area contributed by atoms with E-state index in [1.165, 1.54) is 0 Å². The second kappa shape index (κ2) is 17.4. The number of hydrogen-bond donors (Lipinski definition) is 1. The molecule has 54 heavy (non-hydrogen) atoms. The standard InChI is InChI=1S/C44H50IN3O6/c1-7-51-40(52-8-2)27-48(25-30-14-13-19-36-38(45)26-47(6)41(30)36)42(49)39(24-29-20-22-31(23-21-29)54-44(3,4)5)46-43(50)53-28-37-34-17-11-9-15-32(34)33-16-10-12-18-35(33)37/h9-23,26,37,39-40H,7-8,24-25,27-28H2,1-6H3,(H,46,50)/t39-/m0/s1. The molecule has 0 aliphatic heterocycles. The van der Waals surface area contributed by atoms with Gasteiger partial charge in [-0.25, -0.2) is 4.79 Å². The zero-order chi connectivity index (χ0) is 38.4. The van der Waals surface area contributed by atoms with Crippen LogP contribution in [-0.4, -0.2) is 65.8 Å². The Balaban J connectivity index is 1.29. The third-order valence-corrected chi connectivity index (χ3v) is 10.4. The van der Waals surface area contributed by atoms with Crippen molar-refractivity contribution in [2.24, 2.45) is 7.05 Å². The zero-order valence-corrected chi connectivity index (χ0v) is 34.1. The number of carbonyl (C=O) groups is 2. The second-order valence-corrected chi connectivity index (χ2v) is 15.7. The lowest BCUT2D eigenvalue weighted by Crippen LogP contribution is -2.51. The molecule has 9 nitrogen and oxygen atoms in total. The average molecular weight is 844 g/mol. The predicted octanol–water partition coefficient (Wildman–Crippen LogP) is 8.84. The number of para-hydroxylation sites is 1. The lowest BCUT2D eigenvalue weighted by Gasteiger charge is -2.31. The van der Waals surface area contributed by atoms with Crippen LogP contribution in [0.4, 0.5) is 4.79 Å². The zero-order valence-electron chi connectivity index (χ0n) is 31.9. The molecule has 0 saturated heterocycles. The van der Waals surface area contributed by atoms with E-state index in [2.05, 4.69) is 69.0 Å².